The second-order valence-corrected chi connectivity index (χ2v) is 10.2. The van der Waals surface area contributed by atoms with E-state index in [0.717, 1.165) is 42.9 Å². The van der Waals surface area contributed by atoms with Crippen LogP contribution in [0.15, 0.2) is 12.4 Å². The fourth-order valence-electron chi connectivity index (χ4n) is 5.28. The summed E-state index contributed by atoms with van der Waals surface area (Å²) < 4.78 is 45.3. The summed E-state index contributed by atoms with van der Waals surface area (Å²) in [5, 5.41) is 9.26. The maximum Gasteiger partial charge on any atom is 0.138 e. The minimum atomic E-state index is -2.43. The zero-order valence-corrected chi connectivity index (χ0v) is 21.6. The lowest BCUT2D eigenvalue weighted by Gasteiger charge is -2.39. The highest BCUT2D eigenvalue weighted by molar-refractivity contribution is 7.77. The van der Waals surface area contributed by atoms with Gasteiger partial charge in [0.05, 0.1) is 24.9 Å². The Morgan fingerprint density at radius 2 is 1.89 bits per heavy atom. The molecule has 11 nitrogen and oxygen atoms in total. The molecular weight excluding hydrogens is 472 g/mol. The van der Waals surface area contributed by atoms with Gasteiger partial charge in [0.2, 0.25) is 0 Å². The zero-order valence-electron chi connectivity index (χ0n) is 20.8. The van der Waals surface area contributed by atoms with E-state index in [1.807, 2.05) is 13.8 Å². The second-order valence-electron chi connectivity index (χ2n) is 9.45. The van der Waals surface area contributed by atoms with Crippen LogP contribution in [0.5, 0.6) is 0 Å². The molecule has 2 unspecified atom stereocenters. The quantitative estimate of drug-likeness (QED) is 0.477. The Kier molecular flexibility index (Phi) is 8.95. The van der Waals surface area contributed by atoms with Crippen LogP contribution in [0.25, 0.3) is 0 Å². The fraction of sp³-hybridized carbons (Fsp3) is 0.739. The molecule has 1 aliphatic carbocycles. The smallest absolute Gasteiger partial charge is 0.138 e. The van der Waals surface area contributed by atoms with Crippen LogP contribution >= 0.6 is 0 Å². The van der Waals surface area contributed by atoms with E-state index in [4.69, 9.17) is 14.2 Å². The number of methoxy groups -OCH3 is 2. The standard InChI is InChI=1S/C23H36N6O5S/c1-14-11-24-22(25-12-14)17(15(2)28-35(30)31)10-20-26-27-23(16-8-9-34-13-16)29(20)21-18(32-3)6-5-7-19(21)33-4/h11-12,15-19,21,28H,5-10,13H2,1-4H3,(H,30,31)/p-1/t15-,16+,17-,18-,19+,21?/m1/s1. The Balaban J connectivity index is 1.77. The summed E-state index contributed by atoms with van der Waals surface area (Å²) in [5.74, 6) is 1.94. The lowest BCUT2D eigenvalue weighted by Crippen LogP contribution is -2.42. The second kappa shape index (κ2) is 11.9. The summed E-state index contributed by atoms with van der Waals surface area (Å²) in [6.45, 7) is 5.01. The molecule has 2 aromatic rings. The number of aryl methyl sites for hydroxylation is 1. The Morgan fingerprint density at radius 3 is 2.46 bits per heavy atom. The van der Waals surface area contributed by atoms with Gasteiger partial charge in [-0.2, -0.15) is 0 Å². The van der Waals surface area contributed by atoms with Crippen LogP contribution < -0.4 is 4.72 Å². The molecule has 194 valence electrons. The molecule has 0 bridgehead atoms. The molecule has 1 saturated carbocycles. The molecule has 0 aromatic carbocycles. The maximum absolute atomic E-state index is 11.5. The molecule has 3 heterocycles. The molecule has 7 atom stereocenters. The van der Waals surface area contributed by atoms with Crippen LogP contribution in [0.2, 0.25) is 0 Å². The Hall–Kier alpha value is -1.83. The summed E-state index contributed by atoms with van der Waals surface area (Å²) in [5.41, 5.74) is 0.931. The molecule has 0 amide bonds. The molecule has 2 aromatic heterocycles. The highest BCUT2D eigenvalue weighted by Gasteiger charge is 2.40. The molecular formula is C23H35N6O5S-. The van der Waals surface area contributed by atoms with E-state index in [9.17, 15) is 8.76 Å². The third-order valence-corrected chi connectivity index (χ3v) is 7.72. The lowest BCUT2D eigenvalue weighted by molar-refractivity contribution is -0.0580. The summed E-state index contributed by atoms with van der Waals surface area (Å²) in [7, 11) is 3.47. The van der Waals surface area contributed by atoms with E-state index < -0.39 is 17.3 Å². The molecule has 0 radical (unpaired) electrons. The van der Waals surface area contributed by atoms with Gasteiger partial charge in [0, 0.05) is 68.8 Å². The van der Waals surface area contributed by atoms with Crippen LogP contribution in [0.3, 0.4) is 0 Å². The van der Waals surface area contributed by atoms with Crippen molar-refractivity contribution in [3.05, 3.63) is 35.4 Å². The first-order valence-corrected chi connectivity index (χ1v) is 13.2. The third kappa shape index (κ3) is 5.95. The zero-order chi connectivity index (χ0) is 24.9. The topological polar surface area (TPSA) is 136 Å². The SMILES string of the molecule is CO[C@H]1CCC[C@@H](OC)C1n1c(C[C@@H](c2ncc(C)cn2)[C@@H](C)NS(=O)[O-])nnc1[C@H]1CCOC1. The van der Waals surface area contributed by atoms with Crippen molar-refractivity contribution in [2.24, 2.45) is 0 Å². The van der Waals surface area contributed by atoms with E-state index in [0.29, 0.717) is 25.5 Å². The average molecular weight is 508 g/mol. The molecule has 4 rings (SSSR count). The van der Waals surface area contributed by atoms with E-state index in [2.05, 4.69) is 29.5 Å². The van der Waals surface area contributed by atoms with Crippen molar-refractivity contribution in [3.63, 3.8) is 0 Å². The van der Waals surface area contributed by atoms with Gasteiger partial charge in [-0.3, -0.25) is 4.21 Å². The molecule has 2 aliphatic rings. The Bertz CT molecular complexity index is 971. The summed E-state index contributed by atoms with van der Waals surface area (Å²) in [6, 6.07) is -0.557. The minimum Gasteiger partial charge on any atom is -0.760 e. The number of ether oxygens (including phenoxy) is 3. The van der Waals surface area contributed by atoms with Crippen LogP contribution in [0.4, 0.5) is 0 Å². The number of rotatable bonds is 10. The molecule has 1 aliphatic heterocycles. The highest BCUT2D eigenvalue weighted by Crippen LogP contribution is 2.38. The fourth-order valence-corrected chi connectivity index (χ4v) is 5.75. The predicted molar refractivity (Wildman–Crippen MR) is 127 cm³/mol. The summed E-state index contributed by atoms with van der Waals surface area (Å²) in [4.78, 5) is 9.03. The first-order chi connectivity index (χ1) is 16.9. The van der Waals surface area contributed by atoms with Gasteiger partial charge in [-0.1, -0.05) is 0 Å². The number of hydrogen-bond acceptors (Lipinski definition) is 9. The number of nitrogens with zero attached hydrogens (tertiary/aromatic N) is 5. The summed E-state index contributed by atoms with van der Waals surface area (Å²) in [6.07, 6.45) is 7.50. The van der Waals surface area contributed by atoms with Crippen molar-refractivity contribution in [3.8, 4) is 0 Å². The monoisotopic (exact) mass is 507 g/mol. The molecule has 2 fully saturated rings. The lowest BCUT2D eigenvalue weighted by atomic mass is 9.88. The van der Waals surface area contributed by atoms with E-state index >= 15 is 0 Å². The third-order valence-electron chi connectivity index (χ3n) is 7.15. The van der Waals surface area contributed by atoms with Gasteiger partial charge in [0.15, 0.2) is 0 Å². The largest absolute Gasteiger partial charge is 0.760 e. The van der Waals surface area contributed by atoms with Gasteiger partial charge < -0.3 is 23.3 Å². The van der Waals surface area contributed by atoms with Crippen molar-refractivity contribution >= 4 is 11.3 Å². The van der Waals surface area contributed by atoms with E-state index in [-0.39, 0.29) is 30.1 Å². The van der Waals surface area contributed by atoms with Crippen LogP contribution in [-0.4, -0.2) is 79.2 Å². The van der Waals surface area contributed by atoms with Crippen molar-refractivity contribution in [1.29, 1.82) is 0 Å². The Labute approximate surface area is 208 Å². The molecule has 1 saturated heterocycles. The van der Waals surface area contributed by atoms with Gasteiger partial charge in [0.1, 0.15) is 17.5 Å². The van der Waals surface area contributed by atoms with Crippen LogP contribution in [0.1, 0.15) is 73.5 Å². The highest BCUT2D eigenvalue weighted by atomic mass is 32.2. The van der Waals surface area contributed by atoms with Crippen molar-refractivity contribution in [2.45, 2.75) is 82.1 Å². The first-order valence-electron chi connectivity index (χ1n) is 12.1. The Morgan fingerprint density at radius 1 is 1.20 bits per heavy atom. The van der Waals surface area contributed by atoms with Gasteiger partial charge in [-0.05, 0) is 45.1 Å². The van der Waals surface area contributed by atoms with Crippen LogP contribution in [-0.2, 0) is 31.9 Å². The minimum absolute atomic E-state index is 0.0525. The maximum atomic E-state index is 11.5. The van der Waals surface area contributed by atoms with Gasteiger partial charge in [0.25, 0.3) is 0 Å². The molecule has 0 spiro atoms. The van der Waals surface area contributed by atoms with Gasteiger partial charge >= 0.3 is 0 Å². The van der Waals surface area contributed by atoms with E-state index in [1.54, 1.807) is 26.6 Å². The summed E-state index contributed by atoms with van der Waals surface area (Å²) >= 11 is -2.43. The molecule has 12 heteroatoms. The predicted octanol–water partition coefficient (Wildman–Crippen LogP) is 1.73. The number of nitrogens with one attached hydrogen (secondary N) is 1. The normalized spacial score (nSPS) is 27.6. The van der Waals surface area contributed by atoms with Gasteiger partial charge in [-0.25, -0.2) is 14.7 Å². The van der Waals surface area contributed by atoms with Crippen molar-refractivity contribution < 1.29 is 23.0 Å². The van der Waals surface area contributed by atoms with Crippen molar-refractivity contribution in [2.75, 3.05) is 27.4 Å². The number of hydrogen-bond donors (Lipinski definition) is 1. The average Bonchev–Trinajstić information content (AvgIpc) is 3.52. The van der Waals surface area contributed by atoms with E-state index in [1.165, 1.54) is 0 Å². The van der Waals surface area contributed by atoms with Crippen molar-refractivity contribution in [1.82, 2.24) is 29.5 Å². The first kappa shape index (κ1) is 26.2. The number of aromatic nitrogens is 5. The molecule has 35 heavy (non-hydrogen) atoms. The van der Waals surface area contributed by atoms with Gasteiger partial charge in [-0.15, -0.1) is 10.2 Å². The van der Waals surface area contributed by atoms with Crippen LogP contribution in [0, 0.1) is 6.92 Å². The molecule has 1 N–H and O–H groups in total.